The SMILES string of the molecule is Cc1c(Cl)ncc(C2CC(c3ccc(F)cc3)CCN2C=O)c1Nc1cccc(Cl)c1F. The van der Waals surface area contributed by atoms with Crippen molar-refractivity contribution in [2.75, 3.05) is 11.9 Å². The molecule has 1 amide bonds. The number of amides is 1. The number of hydrogen-bond acceptors (Lipinski definition) is 3. The minimum absolute atomic E-state index is 0.00193. The summed E-state index contributed by atoms with van der Waals surface area (Å²) in [5.41, 5.74) is 3.16. The highest BCUT2D eigenvalue weighted by molar-refractivity contribution is 6.31. The number of carbonyl (C=O) groups is 1. The molecule has 4 rings (SSSR count). The quantitative estimate of drug-likeness (QED) is 0.326. The van der Waals surface area contributed by atoms with Crippen molar-refractivity contribution in [2.24, 2.45) is 0 Å². The molecule has 166 valence electrons. The number of likely N-dealkylation sites (tertiary alicyclic amines) is 1. The van der Waals surface area contributed by atoms with Crippen LogP contribution in [0, 0.1) is 18.6 Å². The van der Waals surface area contributed by atoms with Crippen molar-refractivity contribution in [1.82, 2.24) is 9.88 Å². The molecule has 2 atom stereocenters. The fourth-order valence-corrected chi connectivity index (χ4v) is 4.53. The monoisotopic (exact) mass is 475 g/mol. The summed E-state index contributed by atoms with van der Waals surface area (Å²) in [6.07, 6.45) is 3.81. The first-order valence-electron chi connectivity index (χ1n) is 10.2. The summed E-state index contributed by atoms with van der Waals surface area (Å²) >= 11 is 12.2. The summed E-state index contributed by atoms with van der Waals surface area (Å²) in [6.45, 7) is 2.32. The Labute approximate surface area is 195 Å². The number of carbonyl (C=O) groups excluding carboxylic acids is 1. The van der Waals surface area contributed by atoms with E-state index < -0.39 is 5.82 Å². The Morgan fingerprint density at radius 2 is 1.91 bits per heavy atom. The maximum atomic E-state index is 14.6. The third kappa shape index (κ3) is 4.43. The van der Waals surface area contributed by atoms with E-state index >= 15 is 0 Å². The van der Waals surface area contributed by atoms with Crippen molar-refractivity contribution in [3.63, 3.8) is 0 Å². The highest BCUT2D eigenvalue weighted by atomic mass is 35.5. The van der Waals surface area contributed by atoms with Crippen LogP contribution in [0.5, 0.6) is 0 Å². The van der Waals surface area contributed by atoms with Crippen LogP contribution in [0.15, 0.2) is 48.7 Å². The lowest BCUT2D eigenvalue weighted by Crippen LogP contribution is -2.35. The molecule has 1 N–H and O–H groups in total. The molecule has 1 fully saturated rings. The van der Waals surface area contributed by atoms with Gasteiger partial charge in [0, 0.05) is 23.9 Å². The molecular weight excluding hydrogens is 455 g/mol. The standard InChI is InChI=1S/C24H21Cl2F2N3O/c1-14-23(30-20-4-2-3-19(25)22(20)28)18(12-29-24(14)26)21-11-16(9-10-31(21)13-32)15-5-7-17(27)8-6-15/h2-8,12-13,16,21H,9-11H2,1H3,(H,29,30). The van der Waals surface area contributed by atoms with Gasteiger partial charge in [0.25, 0.3) is 0 Å². The summed E-state index contributed by atoms with van der Waals surface area (Å²) in [7, 11) is 0. The van der Waals surface area contributed by atoms with Gasteiger partial charge in [-0.1, -0.05) is 41.4 Å². The summed E-state index contributed by atoms with van der Waals surface area (Å²) in [5.74, 6) is -0.737. The third-order valence-corrected chi connectivity index (χ3v) is 6.65. The first kappa shape index (κ1) is 22.5. The number of anilines is 2. The van der Waals surface area contributed by atoms with Gasteiger partial charge in [0.2, 0.25) is 6.41 Å². The van der Waals surface area contributed by atoms with Crippen LogP contribution in [-0.4, -0.2) is 22.8 Å². The van der Waals surface area contributed by atoms with Crippen molar-refractivity contribution in [1.29, 1.82) is 0 Å². The molecule has 0 aliphatic carbocycles. The van der Waals surface area contributed by atoms with Crippen molar-refractivity contribution in [3.8, 4) is 0 Å². The molecule has 0 saturated carbocycles. The van der Waals surface area contributed by atoms with Crippen LogP contribution in [0.25, 0.3) is 0 Å². The molecule has 0 radical (unpaired) electrons. The van der Waals surface area contributed by atoms with Crippen LogP contribution in [0.3, 0.4) is 0 Å². The number of pyridine rings is 1. The van der Waals surface area contributed by atoms with Crippen LogP contribution in [0.1, 0.15) is 41.5 Å². The van der Waals surface area contributed by atoms with Crippen molar-refractivity contribution >= 4 is 41.0 Å². The Morgan fingerprint density at radius 1 is 1.16 bits per heavy atom. The molecule has 0 bridgehead atoms. The van der Waals surface area contributed by atoms with Gasteiger partial charge in [0.15, 0.2) is 5.82 Å². The highest BCUT2D eigenvalue weighted by Gasteiger charge is 2.32. The molecule has 3 aromatic rings. The van der Waals surface area contributed by atoms with Crippen molar-refractivity contribution < 1.29 is 13.6 Å². The summed E-state index contributed by atoms with van der Waals surface area (Å²) in [6, 6.07) is 10.8. The van der Waals surface area contributed by atoms with Gasteiger partial charge in [-0.25, -0.2) is 13.8 Å². The predicted molar refractivity (Wildman–Crippen MR) is 123 cm³/mol. The van der Waals surface area contributed by atoms with Gasteiger partial charge < -0.3 is 10.2 Å². The Morgan fingerprint density at radius 3 is 2.62 bits per heavy atom. The normalized spacial score (nSPS) is 18.5. The molecule has 8 heteroatoms. The number of nitrogens with zero attached hydrogens (tertiary/aromatic N) is 2. The summed E-state index contributed by atoms with van der Waals surface area (Å²) in [4.78, 5) is 17.9. The molecule has 4 nitrogen and oxygen atoms in total. The molecule has 2 heterocycles. The van der Waals surface area contributed by atoms with E-state index in [2.05, 4.69) is 10.3 Å². The zero-order chi connectivity index (χ0) is 22.8. The predicted octanol–water partition coefficient (Wildman–Crippen LogP) is 6.80. The van der Waals surface area contributed by atoms with E-state index in [-0.39, 0.29) is 33.6 Å². The van der Waals surface area contributed by atoms with Crippen LogP contribution < -0.4 is 5.32 Å². The summed E-state index contributed by atoms with van der Waals surface area (Å²) < 4.78 is 28.0. The molecular formula is C24H21Cl2F2N3O. The number of hydrogen-bond donors (Lipinski definition) is 1. The van der Waals surface area contributed by atoms with Gasteiger partial charge in [0.05, 0.1) is 22.4 Å². The lowest BCUT2D eigenvalue weighted by atomic mass is 9.82. The van der Waals surface area contributed by atoms with Crippen LogP contribution >= 0.6 is 23.2 Å². The number of aromatic nitrogens is 1. The average molecular weight is 476 g/mol. The second-order valence-electron chi connectivity index (χ2n) is 7.86. The molecule has 1 aliphatic rings. The first-order chi connectivity index (χ1) is 15.4. The van der Waals surface area contributed by atoms with Gasteiger partial charge in [-0.3, -0.25) is 4.79 Å². The smallest absolute Gasteiger partial charge is 0.210 e. The molecule has 1 aromatic heterocycles. The van der Waals surface area contributed by atoms with Gasteiger partial charge in [0.1, 0.15) is 11.0 Å². The lowest BCUT2D eigenvalue weighted by Gasteiger charge is -2.38. The van der Waals surface area contributed by atoms with E-state index in [1.165, 1.54) is 18.2 Å². The fraction of sp³-hybridized carbons (Fsp3) is 0.250. The minimum atomic E-state index is -0.576. The topological polar surface area (TPSA) is 45.2 Å². The lowest BCUT2D eigenvalue weighted by molar-refractivity contribution is -0.121. The van der Waals surface area contributed by atoms with Crippen molar-refractivity contribution in [2.45, 2.75) is 31.7 Å². The third-order valence-electron chi connectivity index (χ3n) is 5.98. The van der Waals surface area contributed by atoms with Gasteiger partial charge in [-0.2, -0.15) is 0 Å². The van der Waals surface area contributed by atoms with Gasteiger partial charge in [-0.15, -0.1) is 0 Å². The Hall–Kier alpha value is -2.70. The second-order valence-corrected chi connectivity index (χ2v) is 8.63. The fourth-order valence-electron chi connectivity index (χ4n) is 4.21. The Bertz CT molecular complexity index is 1140. The molecule has 2 unspecified atom stereocenters. The maximum absolute atomic E-state index is 14.6. The summed E-state index contributed by atoms with van der Waals surface area (Å²) in [5, 5.41) is 3.40. The zero-order valence-electron chi connectivity index (χ0n) is 17.3. The Kier molecular flexibility index (Phi) is 6.63. The molecule has 1 aliphatic heterocycles. The first-order valence-corrected chi connectivity index (χ1v) is 11.0. The van der Waals surface area contributed by atoms with E-state index in [4.69, 9.17) is 23.2 Å². The molecule has 2 aromatic carbocycles. The van der Waals surface area contributed by atoms with E-state index in [9.17, 15) is 13.6 Å². The minimum Gasteiger partial charge on any atom is -0.352 e. The van der Waals surface area contributed by atoms with E-state index in [0.717, 1.165) is 24.0 Å². The molecule has 0 spiro atoms. The van der Waals surface area contributed by atoms with Gasteiger partial charge in [-0.05, 0) is 55.5 Å². The number of nitrogens with one attached hydrogen (secondary N) is 1. The number of rotatable bonds is 5. The van der Waals surface area contributed by atoms with E-state index in [1.54, 1.807) is 42.3 Å². The van der Waals surface area contributed by atoms with E-state index in [1.807, 2.05) is 0 Å². The largest absolute Gasteiger partial charge is 0.352 e. The van der Waals surface area contributed by atoms with Gasteiger partial charge >= 0.3 is 0 Å². The van der Waals surface area contributed by atoms with Crippen LogP contribution in [0.4, 0.5) is 20.2 Å². The second kappa shape index (κ2) is 9.43. The number of benzene rings is 2. The zero-order valence-corrected chi connectivity index (χ0v) is 18.8. The van der Waals surface area contributed by atoms with Crippen LogP contribution in [-0.2, 0) is 4.79 Å². The maximum Gasteiger partial charge on any atom is 0.210 e. The Balaban J connectivity index is 1.74. The molecule has 1 saturated heterocycles. The average Bonchev–Trinajstić information content (AvgIpc) is 2.80. The van der Waals surface area contributed by atoms with Crippen LogP contribution in [0.2, 0.25) is 10.2 Å². The van der Waals surface area contributed by atoms with E-state index in [0.29, 0.717) is 24.2 Å². The number of halogens is 4. The highest BCUT2D eigenvalue weighted by Crippen LogP contribution is 2.43. The molecule has 32 heavy (non-hydrogen) atoms. The number of piperidine rings is 1. The van der Waals surface area contributed by atoms with Crippen molar-refractivity contribution in [3.05, 3.63) is 87.2 Å².